The first-order chi connectivity index (χ1) is 13.7. The summed E-state index contributed by atoms with van der Waals surface area (Å²) in [5, 5.41) is 9.66. The molecule has 1 amide bonds. The number of piperidine rings is 1. The molecule has 1 fully saturated rings. The second-order valence-corrected chi connectivity index (χ2v) is 9.44. The van der Waals surface area contributed by atoms with E-state index in [4.69, 9.17) is 4.74 Å². The quantitative estimate of drug-likeness (QED) is 0.744. The molecule has 2 aromatic rings. The molecule has 0 spiro atoms. The monoisotopic (exact) mass is 420 g/mol. The van der Waals surface area contributed by atoms with Gasteiger partial charge in [0, 0.05) is 19.1 Å². The van der Waals surface area contributed by atoms with E-state index in [2.05, 4.69) is 15.5 Å². The Kier molecular flexibility index (Phi) is 6.28. The third-order valence-electron chi connectivity index (χ3n) is 5.17. The fourth-order valence-corrected chi connectivity index (χ4v) is 5.47. The minimum absolute atomic E-state index is 0.0597. The van der Waals surface area contributed by atoms with E-state index in [1.165, 1.54) is 4.31 Å². The predicted octanol–water partition coefficient (Wildman–Crippen LogP) is 1.99. The molecule has 2 N–H and O–H groups in total. The third-order valence-corrected chi connectivity index (χ3v) is 7.33. The van der Waals surface area contributed by atoms with Crippen LogP contribution in [-0.4, -0.2) is 54.6 Å². The lowest BCUT2D eigenvalue weighted by molar-refractivity contribution is -0.124. The number of nitrogens with zero attached hydrogens (tertiary/aromatic N) is 2. The van der Waals surface area contributed by atoms with Gasteiger partial charge in [-0.1, -0.05) is 17.7 Å². The second-order valence-electron chi connectivity index (χ2n) is 7.57. The molecule has 1 aromatic heterocycles. The Hall–Kier alpha value is -2.39. The Balaban J connectivity index is 1.51. The van der Waals surface area contributed by atoms with Crippen molar-refractivity contribution in [3.63, 3.8) is 0 Å². The topological polar surface area (TPSA) is 104 Å². The number of benzene rings is 1. The number of rotatable bonds is 6. The van der Waals surface area contributed by atoms with Crippen LogP contribution in [0.25, 0.3) is 0 Å². The summed E-state index contributed by atoms with van der Waals surface area (Å²) in [6.45, 7) is 7.99. The van der Waals surface area contributed by atoms with Gasteiger partial charge < -0.3 is 10.1 Å². The van der Waals surface area contributed by atoms with Crippen LogP contribution in [0.15, 0.2) is 23.1 Å². The molecule has 29 heavy (non-hydrogen) atoms. The van der Waals surface area contributed by atoms with Crippen LogP contribution in [0.3, 0.4) is 0 Å². The molecule has 0 unspecified atom stereocenters. The van der Waals surface area contributed by atoms with E-state index in [9.17, 15) is 13.2 Å². The molecule has 1 aliphatic rings. The van der Waals surface area contributed by atoms with E-state index in [-0.39, 0.29) is 23.5 Å². The van der Waals surface area contributed by atoms with Gasteiger partial charge in [-0.25, -0.2) is 8.42 Å². The van der Waals surface area contributed by atoms with Crippen LogP contribution in [0.5, 0.6) is 5.75 Å². The zero-order valence-electron chi connectivity index (χ0n) is 17.3. The molecule has 1 aliphatic heterocycles. The first kappa shape index (κ1) is 21.3. The van der Waals surface area contributed by atoms with E-state index in [1.54, 1.807) is 13.8 Å². The molecular weight excluding hydrogens is 392 g/mol. The van der Waals surface area contributed by atoms with Crippen molar-refractivity contribution < 1.29 is 17.9 Å². The predicted molar refractivity (Wildman–Crippen MR) is 109 cm³/mol. The number of hydrogen-bond acceptors (Lipinski definition) is 5. The van der Waals surface area contributed by atoms with Crippen LogP contribution in [0, 0.1) is 27.7 Å². The first-order valence-electron chi connectivity index (χ1n) is 9.69. The van der Waals surface area contributed by atoms with Gasteiger partial charge in [-0.3, -0.25) is 9.89 Å². The highest BCUT2D eigenvalue weighted by Gasteiger charge is 2.33. The van der Waals surface area contributed by atoms with Crippen molar-refractivity contribution in [1.29, 1.82) is 0 Å². The van der Waals surface area contributed by atoms with Crippen molar-refractivity contribution in [2.24, 2.45) is 0 Å². The summed E-state index contributed by atoms with van der Waals surface area (Å²) in [6.07, 6.45) is 1.12. The zero-order chi connectivity index (χ0) is 21.2. The smallest absolute Gasteiger partial charge is 0.258 e. The van der Waals surface area contributed by atoms with Crippen LogP contribution in [-0.2, 0) is 14.8 Å². The van der Waals surface area contributed by atoms with Crippen molar-refractivity contribution in [1.82, 2.24) is 19.8 Å². The molecule has 0 aliphatic carbocycles. The molecule has 2 heterocycles. The zero-order valence-corrected chi connectivity index (χ0v) is 18.1. The molecule has 3 rings (SSSR count). The minimum atomic E-state index is -3.58. The van der Waals surface area contributed by atoms with Crippen molar-refractivity contribution in [2.45, 2.75) is 51.5 Å². The minimum Gasteiger partial charge on any atom is -0.484 e. The first-order valence-corrected chi connectivity index (χ1v) is 11.1. The largest absolute Gasteiger partial charge is 0.484 e. The Bertz CT molecular complexity index is 972. The van der Waals surface area contributed by atoms with Crippen LogP contribution in [0.4, 0.5) is 0 Å². The van der Waals surface area contributed by atoms with Gasteiger partial charge >= 0.3 is 0 Å². The van der Waals surface area contributed by atoms with Crippen LogP contribution in [0.1, 0.15) is 35.4 Å². The van der Waals surface area contributed by atoms with E-state index in [0.717, 1.165) is 11.1 Å². The average Bonchev–Trinajstić information content (AvgIpc) is 3.00. The summed E-state index contributed by atoms with van der Waals surface area (Å²) in [5.74, 6) is 0.491. The number of aromatic nitrogens is 2. The van der Waals surface area contributed by atoms with Crippen LogP contribution in [0.2, 0.25) is 0 Å². The summed E-state index contributed by atoms with van der Waals surface area (Å²) < 4.78 is 32.9. The molecule has 0 radical (unpaired) electrons. The molecule has 9 heteroatoms. The third kappa shape index (κ3) is 4.79. The molecule has 1 aromatic carbocycles. The van der Waals surface area contributed by atoms with Crippen molar-refractivity contribution in [3.8, 4) is 5.75 Å². The van der Waals surface area contributed by atoms with Crippen LogP contribution < -0.4 is 10.1 Å². The van der Waals surface area contributed by atoms with Gasteiger partial charge in [0.25, 0.3) is 5.91 Å². The number of sulfonamides is 1. The number of aromatic amines is 1. The number of H-pyrrole nitrogens is 1. The summed E-state index contributed by atoms with van der Waals surface area (Å²) in [5.41, 5.74) is 3.14. The summed E-state index contributed by atoms with van der Waals surface area (Å²) in [6, 6.07) is 5.75. The Morgan fingerprint density at radius 1 is 1.24 bits per heavy atom. The van der Waals surface area contributed by atoms with Crippen LogP contribution >= 0.6 is 0 Å². The summed E-state index contributed by atoms with van der Waals surface area (Å²) in [4.78, 5) is 12.5. The van der Waals surface area contributed by atoms with E-state index in [1.807, 2.05) is 32.0 Å². The average molecular weight is 421 g/mol. The highest BCUT2D eigenvalue weighted by Crippen LogP contribution is 2.25. The lowest BCUT2D eigenvalue weighted by Crippen LogP contribution is -2.47. The molecule has 0 bridgehead atoms. The number of hydrogen-bond donors (Lipinski definition) is 2. The molecule has 0 atom stereocenters. The van der Waals surface area contributed by atoms with Gasteiger partial charge in [0.1, 0.15) is 10.6 Å². The molecule has 1 saturated heterocycles. The Morgan fingerprint density at radius 2 is 1.93 bits per heavy atom. The fourth-order valence-electron chi connectivity index (χ4n) is 3.66. The van der Waals surface area contributed by atoms with E-state index >= 15 is 0 Å². The van der Waals surface area contributed by atoms with E-state index < -0.39 is 10.0 Å². The van der Waals surface area contributed by atoms with Gasteiger partial charge in [-0.15, -0.1) is 0 Å². The number of carbonyl (C=O) groups is 1. The number of carbonyl (C=O) groups excluding carboxylic acids is 1. The molecule has 0 saturated carbocycles. The maximum atomic E-state index is 12.9. The number of amides is 1. The highest BCUT2D eigenvalue weighted by molar-refractivity contribution is 7.89. The lowest BCUT2D eigenvalue weighted by Gasteiger charge is -2.31. The van der Waals surface area contributed by atoms with Crippen molar-refractivity contribution in [3.05, 3.63) is 40.7 Å². The summed E-state index contributed by atoms with van der Waals surface area (Å²) >= 11 is 0. The van der Waals surface area contributed by atoms with Crippen molar-refractivity contribution >= 4 is 15.9 Å². The SMILES string of the molecule is Cc1ccc(OCC(=O)NC2CCN(S(=O)(=O)c3c(C)n[nH]c3C)CC2)c(C)c1. The maximum Gasteiger partial charge on any atom is 0.258 e. The van der Waals surface area contributed by atoms with Crippen molar-refractivity contribution in [2.75, 3.05) is 19.7 Å². The number of ether oxygens (including phenoxy) is 1. The Morgan fingerprint density at radius 3 is 2.52 bits per heavy atom. The summed E-state index contributed by atoms with van der Waals surface area (Å²) in [7, 11) is -3.58. The van der Waals surface area contributed by atoms with Gasteiger partial charge in [0.05, 0.1) is 11.4 Å². The molecular formula is C20H28N4O4S. The standard InChI is InChI=1S/C20H28N4O4S/c1-13-5-6-18(14(2)11-13)28-12-19(25)21-17-7-9-24(10-8-17)29(26,27)20-15(3)22-23-16(20)4/h5-6,11,17H,7-10,12H2,1-4H3,(H,21,25)(H,22,23). The normalized spacial score (nSPS) is 16.0. The van der Waals surface area contributed by atoms with Gasteiger partial charge in [0.2, 0.25) is 10.0 Å². The van der Waals surface area contributed by atoms with E-state index in [0.29, 0.717) is 43.1 Å². The van der Waals surface area contributed by atoms with Gasteiger partial charge in [-0.05, 0) is 52.2 Å². The van der Waals surface area contributed by atoms with Gasteiger partial charge in [0.15, 0.2) is 6.61 Å². The van der Waals surface area contributed by atoms with Gasteiger partial charge in [-0.2, -0.15) is 9.40 Å². The second kappa shape index (κ2) is 8.54. The fraction of sp³-hybridized carbons (Fsp3) is 0.500. The number of nitrogens with one attached hydrogen (secondary N) is 2. The highest BCUT2D eigenvalue weighted by atomic mass is 32.2. The maximum absolute atomic E-state index is 12.9. The Labute approximate surface area is 171 Å². The number of aryl methyl sites for hydroxylation is 4. The molecule has 8 nitrogen and oxygen atoms in total. The molecule has 158 valence electrons. The lowest BCUT2D eigenvalue weighted by atomic mass is 10.1.